The Kier molecular flexibility index (Phi) is 8.13. The molecule has 0 unspecified atom stereocenters. The fourth-order valence-corrected chi connectivity index (χ4v) is 3.67. The maximum atomic E-state index is 13.7. The van der Waals surface area contributed by atoms with Crippen molar-refractivity contribution in [1.29, 1.82) is 0 Å². The quantitative estimate of drug-likeness (QED) is 0.505. The van der Waals surface area contributed by atoms with Crippen molar-refractivity contribution in [3.63, 3.8) is 0 Å². The van der Waals surface area contributed by atoms with Crippen LogP contribution in [0.3, 0.4) is 0 Å². The number of hydrogen-bond donors (Lipinski definition) is 1. The third-order valence-corrected chi connectivity index (χ3v) is 5.45. The fourth-order valence-electron chi connectivity index (χ4n) is 3.67. The van der Waals surface area contributed by atoms with Crippen LogP contribution in [0.5, 0.6) is 0 Å². The van der Waals surface area contributed by atoms with E-state index in [-0.39, 0.29) is 17.4 Å². The second-order valence-electron chi connectivity index (χ2n) is 7.97. The lowest BCUT2D eigenvalue weighted by molar-refractivity contribution is 0.0320. The summed E-state index contributed by atoms with van der Waals surface area (Å²) in [6.45, 7) is 6.20. The summed E-state index contributed by atoms with van der Waals surface area (Å²) in [6.07, 6.45) is 4.76. The number of hydrogen-bond acceptors (Lipinski definition) is 7. The second kappa shape index (κ2) is 11.6. The van der Waals surface area contributed by atoms with E-state index in [0.717, 1.165) is 50.5 Å². The highest BCUT2D eigenvalue weighted by Crippen LogP contribution is 2.12. The summed E-state index contributed by atoms with van der Waals surface area (Å²) in [5, 5.41) is 2.82. The van der Waals surface area contributed by atoms with Crippen molar-refractivity contribution in [2.45, 2.75) is 19.6 Å². The maximum Gasteiger partial charge on any atom is 0.273 e. The van der Waals surface area contributed by atoms with Gasteiger partial charge in [-0.25, -0.2) is 9.37 Å². The molecule has 33 heavy (non-hydrogen) atoms. The molecule has 3 heterocycles. The van der Waals surface area contributed by atoms with Crippen LogP contribution in [0.1, 0.15) is 27.5 Å². The number of carbonyl (C=O) groups excluding carboxylic acids is 1. The smallest absolute Gasteiger partial charge is 0.273 e. The van der Waals surface area contributed by atoms with E-state index in [1.54, 1.807) is 18.5 Å². The van der Waals surface area contributed by atoms with Gasteiger partial charge < -0.3 is 14.5 Å². The van der Waals surface area contributed by atoms with E-state index in [0.29, 0.717) is 25.5 Å². The Morgan fingerprint density at radius 2 is 2.00 bits per heavy atom. The van der Waals surface area contributed by atoms with Crippen molar-refractivity contribution in [2.75, 3.05) is 39.4 Å². The summed E-state index contributed by atoms with van der Waals surface area (Å²) in [5.74, 6) is -0.122. The number of halogens is 1. The molecule has 1 aromatic carbocycles. The van der Waals surface area contributed by atoms with Crippen LogP contribution in [0.15, 0.2) is 59.5 Å². The lowest BCUT2D eigenvalue weighted by Crippen LogP contribution is -2.41. The van der Waals surface area contributed by atoms with Crippen molar-refractivity contribution in [3.8, 4) is 0 Å². The van der Waals surface area contributed by atoms with Crippen LogP contribution in [-0.4, -0.2) is 65.1 Å². The summed E-state index contributed by atoms with van der Waals surface area (Å²) in [4.78, 5) is 25.3. The van der Waals surface area contributed by atoms with Crippen LogP contribution in [-0.2, 0) is 24.4 Å². The Morgan fingerprint density at radius 3 is 2.79 bits per heavy atom. The Hall–Kier alpha value is -3.14. The van der Waals surface area contributed by atoms with E-state index >= 15 is 0 Å². The van der Waals surface area contributed by atoms with Crippen molar-refractivity contribution in [1.82, 2.24) is 25.1 Å². The van der Waals surface area contributed by atoms with Gasteiger partial charge in [-0.3, -0.25) is 19.6 Å². The molecule has 2 aromatic heterocycles. The molecule has 4 rings (SSSR count). The van der Waals surface area contributed by atoms with Gasteiger partial charge in [0.15, 0.2) is 5.69 Å². The van der Waals surface area contributed by atoms with Crippen LogP contribution < -0.4 is 5.32 Å². The van der Waals surface area contributed by atoms with Crippen LogP contribution in [0.2, 0.25) is 0 Å². The molecule has 0 saturated carbocycles. The number of morpholine rings is 1. The van der Waals surface area contributed by atoms with Gasteiger partial charge in [0.1, 0.15) is 12.1 Å². The summed E-state index contributed by atoms with van der Waals surface area (Å²) in [6, 6.07) is 10.3. The highest BCUT2D eigenvalue weighted by molar-refractivity contribution is 5.91. The molecule has 1 N–H and O–H groups in total. The summed E-state index contributed by atoms with van der Waals surface area (Å²) in [5.41, 5.74) is 2.00. The standard InChI is InChI=1S/C24H28FN5O3/c25-21-5-1-3-19(13-21)16-30(8-7-29-9-11-32-12-10-29)17-23-28-22(18-33-23)24(31)27-15-20-4-2-6-26-14-20/h1-6,13-14,18H,7-12,15-17H2,(H,27,31). The Balaban J connectivity index is 1.37. The molecule has 0 spiro atoms. The number of nitrogens with one attached hydrogen (secondary N) is 1. The number of oxazole rings is 1. The predicted octanol–water partition coefficient (Wildman–Crippen LogP) is 2.47. The van der Waals surface area contributed by atoms with Crippen LogP contribution in [0.25, 0.3) is 0 Å². The van der Waals surface area contributed by atoms with Gasteiger partial charge in [0.25, 0.3) is 5.91 Å². The van der Waals surface area contributed by atoms with Gasteiger partial charge in [-0.1, -0.05) is 18.2 Å². The van der Waals surface area contributed by atoms with Crippen LogP contribution >= 0.6 is 0 Å². The zero-order chi connectivity index (χ0) is 22.9. The number of rotatable bonds is 10. The van der Waals surface area contributed by atoms with Crippen molar-refractivity contribution >= 4 is 5.91 Å². The zero-order valence-electron chi connectivity index (χ0n) is 18.5. The highest BCUT2D eigenvalue weighted by atomic mass is 19.1. The van der Waals surface area contributed by atoms with Crippen LogP contribution in [0, 0.1) is 5.82 Å². The molecule has 0 bridgehead atoms. The average molecular weight is 454 g/mol. The lowest BCUT2D eigenvalue weighted by atomic mass is 10.2. The summed E-state index contributed by atoms with van der Waals surface area (Å²) < 4.78 is 24.7. The molecule has 1 amide bonds. The molecule has 0 aliphatic carbocycles. The van der Waals surface area contributed by atoms with E-state index in [9.17, 15) is 9.18 Å². The van der Waals surface area contributed by atoms with E-state index in [1.165, 1.54) is 18.4 Å². The first-order valence-electron chi connectivity index (χ1n) is 11.0. The monoisotopic (exact) mass is 453 g/mol. The fraction of sp³-hybridized carbons (Fsp3) is 0.375. The molecule has 1 aliphatic heterocycles. The van der Waals surface area contributed by atoms with Gasteiger partial charge in [0, 0.05) is 51.7 Å². The number of carbonyl (C=O) groups is 1. The minimum absolute atomic E-state index is 0.229. The Morgan fingerprint density at radius 1 is 1.15 bits per heavy atom. The molecular weight excluding hydrogens is 425 g/mol. The van der Waals surface area contributed by atoms with Gasteiger partial charge in [0.2, 0.25) is 5.89 Å². The highest BCUT2D eigenvalue weighted by Gasteiger charge is 2.17. The van der Waals surface area contributed by atoms with Crippen molar-refractivity contribution in [2.24, 2.45) is 0 Å². The van der Waals surface area contributed by atoms with Crippen molar-refractivity contribution < 1.29 is 18.3 Å². The third-order valence-electron chi connectivity index (χ3n) is 5.45. The molecule has 1 saturated heterocycles. The average Bonchev–Trinajstić information content (AvgIpc) is 3.31. The first kappa shape index (κ1) is 23.0. The number of ether oxygens (including phenoxy) is 1. The van der Waals surface area contributed by atoms with Gasteiger partial charge in [-0.2, -0.15) is 0 Å². The Bertz CT molecular complexity index is 1020. The molecule has 3 aromatic rings. The lowest BCUT2D eigenvalue weighted by Gasteiger charge is -2.29. The van der Waals surface area contributed by atoms with Gasteiger partial charge in [-0.05, 0) is 29.3 Å². The van der Waals surface area contributed by atoms with E-state index in [4.69, 9.17) is 9.15 Å². The maximum absolute atomic E-state index is 13.7. The van der Waals surface area contributed by atoms with E-state index < -0.39 is 0 Å². The SMILES string of the molecule is O=C(NCc1cccnc1)c1coc(CN(CCN2CCOCC2)Cc2cccc(F)c2)n1. The van der Waals surface area contributed by atoms with E-state index in [1.807, 2.05) is 18.2 Å². The van der Waals surface area contributed by atoms with E-state index in [2.05, 4.69) is 25.1 Å². The van der Waals surface area contributed by atoms with Crippen LogP contribution in [0.4, 0.5) is 4.39 Å². The number of aromatic nitrogens is 2. The van der Waals surface area contributed by atoms with Gasteiger partial charge in [-0.15, -0.1) is 0 Å². The molecule has 0 atom stereocenters. The molecule has 1 aliphatic rings. The number of pyridine rings is 1. The minimum Gasteiger partial charge on any atom is -0.447 e. The number of benzene rings is 1. The molecule has 8 nitrogen and oxygen atoms in total. The van der Waals surface area contributed by atoms with Gasteiger partial charge >= 0.3 is 0 Å². The third kappa shape index (κ3) is 7.18. The topological polar surface area (TPSA) is 83.7 Å². The molecular formula is C24H28FN5O3. The summed E-state index contributed by atoms with van der Waals surface area (Å²) in [7, 11) is 0. The Labute approximate surface area is 192 Å². The predicted molar refractivity (Wildman–Crippen MR) is 120 cm³/mol. The normalized spacial score (nSPS) is 14.5. The molecule has 174 valence electrons. The molecule has 9 heteroatoms. The van der Waals surface area contributed by atoms with Gasteiger partial charge in [0.05, 0.1) is 19.8 Å². The molecule has 1 fully saturated rings. The first-order valence-corrected chi connectivity index (χ1v) is 11.0. The summed E-state index contributed by atoms with van der Waals surface area (Å²) >= 11 is 0. The number of nitrogens with zero attached hydrogens (tertiary/aromatic N) is 4. The second-order valence-corrected chi connectivity index (χ2v) is 7.97. The van der Waals surface area contributed by atoms with Crippen molar-refractivity contribution in [3.05, 3.63) is 83.6 Å². The largest absolute Gasteiger partial charge is 0.447 e. The first-order chi connectivity index (χ1) is 16.2. The molecule has 0 radical (unpaired) electrons. The minimum atomic E-state index is -0.307. The number of amides is 1. The zero-order valence-corrected chi connectivity index (χ0v) is 18.5.